The third-order valence-corrected chi connectivity index (χ3v) is 3.92. The number of amides is 1. The Morgan fingerprint density at radius 3 is 1.96 bits per heavy atom. The Morgan fingerprint density at radius 1 is 0.739 bits per heavy atom. The van der Waals surface area contributed by atoms with E-state index in [0.29, 0.717) is 19.6 Å². The zero-order valence-corrected chi connectivity index (χ0v) is 15.3. The van der Waals surface area contributed by atoms with E-state index in [-0.39, 0.29) is 18.3 Å². The molecule has 0 bridgehead atoms. The van der Waals surface area contributed by atoms with Gasteiger partial charge in [-0.15, -0.1) is 0 Å². The topological polar surface area (TPSA) is 55.4 Å². The first-order valence-electron chi connectivity index (χ1n) is 9.63. The van der Waals surface area contributed by atoms with E-state index in [1.54, 1.807) is 0 Å². The van der Waals surface area contributed by atoms with Gasteiger partial charge in [-0.2, -0.15) is 0 Å². The maximum Gasteiger partial charge on any atom is 0.307 e. The van der Waals surface area contributed by atoms with Gasteiger partial charge in [-0.05, 0) is 12.8 Å². The number of carbonyl (C=O) groups is 2. The molecule has 0 spiro atoms. The molecular formula is C19H37NO3. The first-order valence-corrected chi connectivity index (χ1v) is 9.63. The molecule has 0 saturated heterocycles. The van der Waals surface area contributed by atoms with Crippen LogP contribution in [0.2, 0.25) is 0 Å². The fourth-order valence-corrected chi connectivity index (χ4v) is 2.42. The lowest BCUT2D eigenvalue weighted by atomic mass is 10.1. The fraction of sp³-hybridized carbons (Fsp3) is 0.895. The Balaban J connectivity index is 3.33. The molecule has 0 aliphatic carbocycles. The van der Waals surface area contributed by atoms with E-state index in [4.69, 9.17) is 4.74 Å². The van der Waals surface area contributed by atoms with E-state index < -0.39 is 0 Å². The van der Waals surface area contributed by atoms with E-state index in [9.17, 15) is 9.59 Å². The molecule has 4 nitrogen and oxygen atoms in total. The highest BCUT2D eigenvalue weighted by atomic mass is 16.5. The standard InChI is InChI=1S/C19H37NO3/c1-3-5-7-9-11-13-17-23-19(22)15-16-20-18(21)14-12-10-8-6-4-2/h3-17H2,1-2H3,(H,20,21). The molecule has 23 heavy (non-hydrogen) atoms. The summed E-state index contributed by atoms with van der Waals surface area (Å²) in [7, 11) is 0. The van der Waals surface area contributed by atoms with Gasteiger partial charge in [0.05, 0.1) is 13.0 Å². The number of esters is 1. The third kappa shape index (κ3) is 17.1. The molecule has 0 heterocycles. The molecule has 0 aromatic carbocycles. The second kappa shape index (κ2) is 17.3. The molecule has 1 amide bonds. The molecule has 0 saturated carbocycles. The van der Waals surface area contributed by atoms with Crippen LogP contribution in [0.3, 0.4) is 0 Å². The molecule has 0 fully saturated rings. The van der Waals surface area contributed by atoms with Crippen molar-refractivity contribution in [1.29, 1.82) is 0 Å². The first kappa shape index (κ1) is 21.9. The van der Waals surface area contributed by atoms with Crippen molar-refractivity contribution in [3.8, 4) is 0 Å². The molecule has 0 aliphatic rings. The zero-order chi connectivity index (χ0) is 17.2. The Hall–Kier alpha value is -1.06. The van der Waals surface area contributed by atoms with Crippen molar-refractivity contribution in [3.05, 3.63) is 0 Å². The number of hydrogen-bond acceptors (Lipinski definition) is 3. The van der Waals surface area contributed by atoms with Crippen molar-refractivity contribution >= 4 is 11.9 Å². The highest BCUT2D eigenvalue weighted by Gasteiger charge is 2.05. The lowest BCUT2D eigenvalue weighted by molar-refractivity contribution is -0.143. The predicted molar refractivity (Wildman–Crippen MR) is 95.3 cm³/mol. The summed E-state index contributed by atoms with van der Waals surface area (Å²) in [6, 6.07) is 0. The van der Waals surface area contributed by atoms with Crippen LogP contribution in [0, 0.1) is 0 Å². The minimum atomic E-state index is -0.207. The minimum absolute atomic E-state index is 0.0465. The number of unbranched alkanes of at least 4 members (excludes halogenated alkanes) is 9. The van der Waals surface area contributed by atoms with Crippen molar-refractivity contribution in [2.75, 3.05) is 13.2 Å². The number of hydrogen-bond donors (Lipinski definition) is 1. The Labute approximate surface area is 142 Å². The number of ether oxygens (including phenoxy) is 1. The van der Waals surface area contributed by atoms with Crippen LogP contribution in [-0.4, -0.2) is 25.0 Å². The summed E-state index contributed by atoms with van der Waals surface area (Å²) in [5.41, 5.74) is 0. The molecule has 0 unspecified atom stereocenters. The second-order valence-electron chi connectivity index (χ2n) is 6.25. The van der Waals surface area contributed by atoms with E-state index in [0.717, 1.165) is 25.7 Å². The van der Waals surface area contributed by atoms with Gasteiger partial charge >= 0.3 is 5.97 Å². The number of nitrogens with one attached hydrogen (secondary N) is 1. The lowest BCUT2D eigenvalue weighted by Gasteiger charge is -2.06. The van der Waals surface area contributed by atoms with Gasteiger partial charge in [-0.25, -0.2) is 0 Å². The molecular weight excluding hydrogens is 290 g/mol. The molecule has 0 aromatic heterocycles. The average Bonchev–Trinajstić information content (AvgIpc) is 2.54. The van der Waals surface area contributed by atoms with Crippen LogP contribution in [0.4, 0.5) is 0 Å². The smallest absolute Gasteiger partial charge is 0.307 e. The maximum absolute atomic E-state index is 11.6. The minimum Gasteiger partial charge on any atom is -0.466 e. The highest BCUT2D eigenvalue weighted by molar-refractivity contribution is 5.76. The predicted octanol–water partition coefficient (Wildman–Crippen LogP) is 4.76. The molecule has 0 aromatic rings. The van der Waals surface area contributed by atoms with Crippen LogP contribution in [0.25, 0.3) is 0 Å². The average molecular weight is 328 g/mol. The molecule has 1 N–H and O–H groups in total. The number of carbonyl (C=O) groups excluding carboxylic acids is 2. The van der Waals surface area contributed by atoms with Crippen LogP contribution in [0.15, 0.2) is 0 Å². The summed E-state index contributed by atoms with van der Waals surface area (Å²) in [6.07, 6.45) is 13.7. The van der Waals surface area contributed by atoms with Crippen LogP contribution in [0.1, 0.15) is 97.3 Å². The summed E-state index contributed by atoms with van der Waals surface area (Å²) in [5, 5.41) is 2.79. The van der Waals surface area contributed by atoms with E-state index in [2.05, 4.69) is 19.2 Å². The van der Waals surface area contributed by atoms with Gasteiger partial charge in [-0.3, -0.25) is 9.59 Å². The molecule has 4 heteroatoms. The van der Waals surface area contributed by atoms with Gasteiger partial charge in [-0.1, -0.05) is 71.6 Å². The summed E-state index contributed by atoms with van der Waals surface area (Å²) in [5.74, 6) is -0.160. The van der Waals surface area contributed by atoms with Crippen LogP contribution < -0.4 is 5.32 Å². The molecule has 136 valence electrons. The van der Waals surface area contributed by atoms with Gasteiger partial charge in [0, 0.05) is 13.0 Å². The Kier molecular flexibility index (Phi) is 16.5. The highest BCUT2D eigenvalue weighted by Crippen LogP contribution is 2.06. The van der Waals surface area contributed by atoms with E-state index in [1.165, 1.54) is 44.9 Å². The van der Waals surface area contributed by atoms with E-state index in [1.807, 2.05) is 0 Å². The summed E-state index contributed by atoms with van der Waals surface area (Å²) in [4.78, 5) is 23.1. The van der Waals surface area contributed by atoms with Crippen molar-refractivity contribution in [1.82, 2.24) is 5.32 Å². The monoisotopic (exact) mass is 327 g/mol. The van der Waals surface area contributed by atoms with Crippen molar-refractivity contribution in [2.24, 2.45) is 0 Å². The molecule has 0 radical (unpaired) electrons. The fourth-order valence-electron chi connectivity index (χ4n) is 2.42. The van der Waals surface area contributed by atoms with Crippen molar-refractivity contribution in [2.45, 2.75) is 97.3 Å². The third-order valence-electron chi connectivity index (χ3n) is 3.92. The van der Waals surface area contributed by atoms with Gasteiger partial charge in [0.1, 0.15) is 0 Å². The molecule has 0 aliphatic heterocycles. The first-order chi connectivity index (χ1) is 11.2. The van der Waals surface area contributed by atoms with Gasteiger partial charge < -0.3 is 10.1 Å². The summed E-state index contributed by atoms with van der Waals surface area (Å²) < 4.78 is 5.17. The van der Waals surface area contributed by atoms with Crippen molar-refractivity contribution < 1.29 is 14.3 Å². The van der Waals surface area contributed by atoms with Gasteiger partial charge in [0.25, 0.3) is 0 Å². The Bertz CT molecular complexity index is 292. The van der Waals surface area contributed by atoms with Crippen molar-refractivity contribution in [3.63, 3.8) is 0 Å². The molecule has 0 atom stereocenters. The summed E-state index contributed by atoms with van der Waals surface area (Å²) >= 11 is 0. The second-order valence-corrected chi connectivity index (χ2v) is 6.25. The normalized spacial score (nSPS) is 10.5. The quantitative estimate of drug-likeness (QED) is 0.328. The summed E-state index contributed by atoms with van der Waals surface area (Å²) in [6.45, 7) is 5.28. The van der Waals surface area contributed by atoms with Crippen LogP contribution >= 0.6 is 0 Å². The maximum atomic E-state index is 11.6. The Morgan fingerprint density at radius 2 is 1.30 bits per heavy atom. The lowest BCUT2D eigenvalue weighted by Crippen LogP contribution is -2.26. The van der Waals surface area contributed by atoms with Crippen LogP contribution in [0.5, 0.6) is 0 Å². The SMILES string of the molecule is CCCCCCCCOC(=O)CCNC(=O)CCCCCCC. The van der Waals surface area contributed by atoms with Gasteiger partial charge in [0.2, 0.25) is 5.91 Å². The van der Waals surface area contributed by atoms with Gasteiger partial charge in [0.15, 0.2) is 0 Å². The van der Waals surface area contributed by atoms with Crippen LogP contribution in [-0.2, 0) is 14.3 Å². The number of rotatable bonds is 16. The largest absolute Gasteiger partial charge is 0.466 e. The van der Waals surface area contributed by atoms with E-state index >= 15 is 0 Å². The zero-order valence-electron chi connectivity index (χ0n) is 15.3. The molecule has 0 rings (SSSR count).